The molecule has 1 amide bonds. The number of nitrogens with zero attached hydrogens (tertiary/aromatic N) is 2. The van der Waals surface area contributed by atoms with Crippen molar-refractivity contribution in [1.82, 2.24) is 4.57 Å². The van der Waals surface area contributed by atoms with Crippen LogP contribution in [0.4, 0.5) is 0 Å². The molecule has 0 N–H and O–H groups in total. The Morgan fingerprint density at radius 3 is 2.12 bits per heavy atom. The first-order chi connectivity index (χ1) is 15.6. The Morgan fingerprint density at radius 1 is 0.848 bits per heavy atom. The molecule has 168 valence electrons. The molecule has 4 rings (SSSR count). The first-order valence-electron chi connectivity index (χ1n) is 11.2. The highest BCUT2D eigenvalue weighted by Gasteiger charge is 2.17. The van der Waals surface area contributed by atoms with E-state index in [0.29, 0.717) is 10.4 Å². The lowest BCUT2D eigenvalue weighted by Crippen LogP contribution is -2.15. The smallest absolute Gasteiger partial charge is 0.279 e. The van der Waals surface area contributed by atoms with Crippen LogP contribution >= 0.6 is 11.3 Å². The Hall–Kier alpha value is -3.24. The average Bonchev–Trinajstić information content (AvgIpc) is 3.11. The van der Waals surface area contributed by atoms with Crippen molar-refractivity contribution in [2.75, 3.05) is 0 Å². The van der Waals surface area contributed by atoms with Gasteiger partial charge in [-0.3, -0.25) is 4.79 Å². The molecule has 0 saturated heterocycles. The SMILES string of the molecule is Cc1ccc(-c2c(-c3ccccc3)sc(=NC(=O)c3ccc(C(C)(C)C)cc3)n2C)cc1C. The predicted molar refractivity (Wildman–Crippen MR) is 139 cm³/mol. The summed E-state index contributed by atoms with van der Waals surface area (Å²) in [6, 6.07) is 24.6. The lowest BCUT2D eigenvalue weighted by atomic mass is 9.87. The van der Waals surface area contributed by atoms with E-state index in [-0.39, 0.29) is 11.3 Å². The summed E-state index contributed by atoms with van der Waals surface area (Å²) in [4.78, 5) is 19.4. The number of hydrogen-bond acceptors (Lipinski definition) is 2. The zero-order valence-electron chi connectivity index (χ0n) is 20.1. The number of amides is 1. The minimum atomic E-state index is -0.224. The molecular weight excluding hydrogens is 424 g/mol. The van der Waals surface area contributed by atoms with Gasteiger partial charge in [0.1, 0.15) is 0 Å². The molecule has 0 aliphatic heterocycles. The Morgan fingerprint density at radius 2 is 1.52 bits per heavy atom. The highest BCUT2D eigenvalue weighted by atomic mass is 32.1. The Kier molecular flexibility index (Phi) is 6.22. The average molecular weight is 455 g/mol. The highest BCUT2D eigenvalue weighted by Crippen LogP contribution is 2.35. The fourth-order valence-electron chi connectivity index (χ4n) is 3.82. The highest BCUT2D eigenvalue weighted by molar-refractivity contribution is 7.13. The molecule has 4 heteroatoms. The topological polar surface area (TPSA) is 34.4 Å². The molecule has 1 heterocycles. The van der Waals surface area contributed by atoms with E-state index in [4.69, 9.17) is 0 Å². The van der Waals surface area contributed by atoms with Crippen molar-refractivity contribution in [3.8, 4) is 21.7 Å². The minimum absolute atomic E-state index is 0.0462. The van der Waals surface area contributed by atoms with E-state index in [1.165, 1.54) is 16.7 Å². The minimum Gasteiger partial charge on any atom is -0.319 e. The molecule has 0 fully saturated rings. The van der Waals surface area contributed by atoms with Gasteiger partial charge in [0, 0.05) is 12.6 Å². The Balaban J connectivity index is 1.84. The van der Waals surface area contributed by atoms with Crippen LogP contribution in [0.25, 0.3) is 21.7 Å². The number of aromatic nitrogens is 1. The van der Waals surface area contributed by atoms with Crippen molar-refractivity contribution in [3.63, 3.8) is 0 Å². The van der Waals surface area contributed by atoms with Gasteiger partial charge in [0.25, 0.3) is 5.91 Å². The van der Waals surface area contributed by atoms with Gasteiger partial charge in [-0.15, -0.1) is 0 Å². The fraction of sp³-hybridized carbons (Fsp3) is 0.241. The van der Waals surface area contributed by atoms with E-state index in [0.717, 1.165) is 21.7 Å². The van der Waals surface area contributed by atoms with Gasteiger partial charge in [-0.2, -0.15) is 4.99 Å². The summed E-state index contributed by atoms with van der Waals surface area (Å²) >= 11 is 1.55. The standard InChI is InChI=1S/C29H30N2OS/c1-19-12-13-23(18-20(19)2)25-26(21-10-8-7-9-11-21)33-28(31(25)6)30-27(32)22-14-16-24(17-15-22)29(3,4)5/h7-18H,1-6H3. The van der Waals surface area contributed by atoms with E-state index in [9.17, 15) is 4.79 Å². The second-order valence-corrected chi connectivity index (χ2v) is 10.5. The van der Waals surface area contributed by atoms with Crippen LogP contribution in [0, 0.1) is 13.8 Å². The van der Waals surface area contributed by atoms with Gasteiger partial charge < -0.3 is 4.57 Å². The molecule has 0 aliphatic rings. The van der Waals surface area contributed by atoms with Gasteiger partial charge in [-0.05, 0) is 65.3 Å². The Labute approximate surface area is 200 Å². The molecule has 0 saturated carbocycles. The van der Waals surface area contributed by atoms with E-state index >= 15 is 0 Å². The molecule has 4 aromatic rings. The lowest BCUT2D eigenvalue weighted by Gasteiger charge is -2.18. The molecular formula is C29H30N2OS. The molecule has 1 aromatic heterocycles. The monoisotopic (exact) mass is 454 g/mol. The molecule has 3 aromatic carbocycles. The summed E-state index contributed by atoms with van der Waals surface area (Å²) in [5, 5.41) is 0. The van der Waals surface area contributed by atoms with Gasteiger partial charge in [0.15, 0.2) is 4.80 Å². The second-order valence-electron chi connectivity index (χ2n) is 9.53. The van der Waals surface area contributed by atoms with Crippen LogP contribution in [0.5, 0.6) is 0 Å². The number of carbonyl (C=O) groups is 1. The Bertz CT molecular complexity index is 1370. The van der Waals surface area contributed by atoms with Gasteiger partial charge in [0.2, 0.25) is 0 Å². The van der Waals surface area contributed by atoms with Crippen molar-refractivity contribution in [1.29, 1.82) is 0 Å². The van der Waals surface area contributed by atoms with Crippen molar-refractivity contribution < 1.29 is 4.79 Å². The number of aryl methyl sites for hydroxylation is 2. The van der Waals surface area contributed by atoms with E-state index < -0.39 is 0 Å². The van der Waals surface area contributed by atoms with Crippen molar-refractivity contribution in [2.45, 2.75) is 40.0 Å². The lowest BCUT2D eigenvalue weighted by molar-refractivity contribution is 0.0998. The maximum absolute atomic E-state index is 13.0. The summed E-state index contributed by atoms with van der Waals surface area (Å²) in [7, 11) is 1.99. The summed E-state index contributed by atoms with van der Waals surface area (Å²) in [5.74, 6) is -0.224. The summed E-state index contributed by atoms with van der Waals surface area (Å²) in [6.07, 6.45) is 0. The molecule has 0 atom stereocenters. The largest absolute Gasteiger partial charge is 0.319 e. The van der Waals surface area contributed by atoms with E-state index in [2.05, 4.69) is 69.9 Å². The molecule has 0 unspecified atom stereocenters. The van der Waals surface area contributed by atoms with E-state index in [1.54, 1.807) is 11.3 Å². The summed E-state index contributed by atoms with van der Waals surface area (Å²) in [5.41, 5.74) is 7.67. The molecule has 0 spiro atoms. The van der Waals surface area contributed by atoms with Gasteiger partial charge in [-0.1, -0.05) is 86.7 Å². The van der Waals surface area contributed by atoms with Crippen molar-refractivity contribution >= 4 is 17.2 Å². The first kappa shape index (κ1) is 22.9. The number of benzene rings is 3. The third-order valence-electron chi connectivity index (χ3n) is 6.04. The number of rotatable bonds is 3. The van der Waals surface area contributed by atoms with Crippen LogP contribution in [0.3, 0.4) is 0 Å². The van der Waals surface area contributed by atoms with Crippen LogP contribution in [0.15, 0.2) is 77.8 Å². The third-order valence-corrected chi connectivity index (χ3v) is 7.22. The molecule has 0 aliphatic carbocycles. The van der Waals surface area contributed by atoms with Crippen LogP contribution in [0.2, 0.25) is 0 Å². The van der Waals surface area contributed by atoms with Gasteiger partial charge >= 0.3 is 0 Å². The van der Waals surface area contributed by atoms with Crippen LogP contribution in [-0.4, -0.2) is 10.5 Å². The van der Waals surface area contributed by atoms with Crippen molar-refractivity contribution in [2.24, 2.45) is 12.0 Å². The summed E-state index contributed by atoms with van der Waals surface area (Å²) < 4.78 is 2.04. The normalized spacial score (nSPS) is 12.2. The summed E-state index contributed by atoms with van der Waals surface area (Å²) in [6.45, 7) is 10.7. The number of hydrogen-bond donors (Lipinski definition) is 0. The van der Waals surface area contributed by atoms with Crippen LogP contribution in [0.1, 0.15) is 47.8 Å². The predicted octanol–water partition coefficient (Wildman–Crippen LogP) is 7.08. The number of thiazole rings is 1. The molecule has 0 bridgehead atoms. The zero-order valence-corrected chi connectivity index (χ0v) is 21.0. The van der Waals surface area contributed by atoms with Gasteiger partial charge in [-0.25, -0.2) is 0 Å². The maximum atomic E-state index is 13.0. The van der Waals surface area contributed by atoms with Crippen LogP contribution in [-0.2, 0) is 12.5 Å². The molecule has 0 radical (unpaired) electrons. The third kappa shape index (κ3) is 4.76. The molecule has 3 nitrogen and oxygen atoms in total. The molecule has 33 heavy (non-hydrogen) atoms. The van der Waals surface area contributed by atoms with Gasteiger partial charge in [0.05, 0.1) is 10.6 Å². The second kappa shape index (κ2) is 8.95. The van der Waals surface area contributed by atoms with E-state index in [1.807, 2.05) is 54.1 Å². The zero-order chi connectivity index (χ0) is 23.8. The number of carbonyl (C=O) groups excluding carboxylic acids is 1. The first-order valence-corrected chi connectivity index (χ1v) is 12.0. The quantitative estimate of drug-likeness (QED) is 0.326. The fourth-order valence-corrected chi connectivity index (χ4v) is 4.96. The maximum Gasteiger partial charge on any atom is 0.279 e. The van der Waals surface area contributed by atoms with Crippen LogP contribution < -0.4 is 4.80 Å². The van der Waals surface area contributed by atoms with Crippen molar-refractivity contribution in [3.05, 3.63) is 99.9 Å².